The molecule has 0 aliphatic carbocycles. The summed E-state index contributed by atoms with van der Waals surface area (Å²) in [7, 11) is 0. The first-order valence-electron chi connectivity index (χ1n) is 5.87. The summed E-state index contributed by atoms with van der Waals surface area (Å²) in [6.45, 7) is 4.16. The summed E-state index contributed by atoms with van der Waals surface area (Å²) in [6, 6.07) is 0.136. The van der Waals surface area contributed by atoms with Crippen LogP contribution in [0.1, 0.15) is 32.6 Å². The van der Waals surface area contributed by atoms with E-state index in [-0.39, 0.29) is 18.6 Å². The van der Waals surface area contributed by atoms with Gasteiger partial charge in [-0.2, -0.15) is 0 Å². The molecule has 15 heavy (non-hydrogen) atoms. The van der Waals surface area contributed by atoms with Crippen LogP contribution in [0.15, 0.2) is 0 Å². The van der Waals surface area contributed by atoms with Gasteiger partial charge in [0.15, 0.2) is 0 Å². The minimum Gasteiger partial charge on any atom is -0.396 e. The molecule has 1 aliphatic rings. The fourth-order valence-electron chi connectivity index (χ4n) is 1.97. The van der Waals surface area contributed by atoms with Crippen LogP contribution in [0.2, 0.25) is 0 Å². The Balaban J connectivity index is 2.20. The topological polar surface area (TPSA) is 61.4 Å². The number of hydrogen-bond donors (Lipinski definition) is 3. The first-order chi connectivity index (χ1) is 7.26. The van der Waals surface area contributed by atoms with Gasteiger partial charge < -0.3 is 15.7 Å². The second-order valence-corrected chi connectivity index (χ2v) is 4.25. The Kier molecular flexibility index (Phi) is 5.65. The molecule has 1 amide bonds. The number of nitrogens with one attached hydrogen (secondary N) is 2. The largest absolute Gasteiger partial charge is 0.396 e. The summed E-state index contributed by atoms with van der Waals surface area (Å²) in [5, 5.41) is 15.0. The van der Waals surface area contributed by atoms with Crippen molar-refractivity contribution < 1.29 is 9.90 Å². The molecule has 88 valence electrons. The fourth-order valence-corrected chi connectivity index (χ4v) is 1.97. The fraction of sp³-hybridized carbons (Fsp3) is 0.909. The lowest BCUT2D eigenvalue weighted by Crippen LogP contribution is -2.36. The van der Waals surface area contributed by atoms with Gasteiger partial charge in [0.2, 0.25) is 5.91 Å². The Labute approximate surface area is 91.4 Å². The van der Waals surface area contributed by atoms with Crippen LogP contribution in [0.25, 0.3) is 0 Å². The molecule has 3 N–H and O–H groups in total. The molecule has 0 spiro atoms. The van der Waals surface area contributed by atoms with Crippen molar-refractivity contribution >= 4 is 5.91 Å². The van der Waals surface area contributed by atoms with Crippen LogP contribution in [0, 0.1) is 5.92 Å². The SMILES string of the molecule is CCC(CCO)NC(=O)CC1CCNC1. The maximum Gasteiger partial charge on any atom is 0.220 e. The van der Waals surface area contributed by atoms with Gasteiger partial charge in [-0.15, -0.1) is 0 Å². The van der Waals surface area contributed by atoms with Crippen molar-refractivity contribution in [1.82, 2.24) is 10.6 Å². The highest BCUT2D eigenvalue weighted by Crippen LogP contribution is 2.12. The van der Waals surface area contributed by atoms with Crippen molar-refractivity contribution in [2.24, 2.45) is 5.92 Å². The zero-order chi connectivity index (χ0) is 11.1. The summed E-state index contributed by atoms with van der Waals surface area (Å²) in [5.41, 5.74) is 0. The second-order valence-electron chi connectivity index (χ2n) is 4.25. The summed E-state index contributed by atoms with van der Waals surface area (Å²) in [6.07, 6.45) is 3.26. The van der Waals surface area contributed by atoms with E-state index in [0.29, 0.717) is 18.8 Å². The summed E-state index contributed by atoms with van der Waals surface area (Å²) in [4.78, 5) is 11.6. The molecule has 1 saturated heterocycles. The van der Waals surface area contributed by atoms with Gasteiger partial charge in [-0.3, -0.25) is 4.79 Å². The highest BCUT2D eigenvalue weighted by Gasteiger charge is 2.19. The van der Waals surface area contributed by atoms with Gasteiger partial charge >= 0.3 is 0 Å². The molecule has 0 aromatic rings. The van der Waals surface area contributed by atoms with Gasteiger partial charge in [0.05, 0.1) is 0 Å². The maximum atomic E-state index is 11.6. The first-order valence-corrected chi connectivity index (χ1v) is 5.87. The van der Waals surface area contributed by atoms with Crippen LogP contribution in [0.3, 0.4) is 0 Å². The van der Waals surface area contributed by atoms with Crippen molar-refractivity contribution in [1.29, 1.82) is 0 Å². The van der Waals surface area contributed by atoms with E-state index < -0.39 is 0 Å². The van der Waals surface area contributed by atoms with Crippen molar-refractivity contribution in [2.75, 3.05) is 19.7 Å². The van der Waals surface area contributed by atoms with Gasteiger partial charge in [0.25, 0.3) is 0 Å². The second kappa shape index (κ2) is 6.80. The quantitative estimate of drug-likeness (QED) is 0.594. The normalized spacial score (nSPS) is 22.7. The van der Waals surface area contributed by atoms with E-state index in [9.17, 15) is 4.79 Å². The molecule has 0 aromatic carbocycles. The number of aliphatic hydroxyl groups is 1. The van der Waals surface area contributed by atoms with Crippen molar-refractivity contribution in [2.45, 2.75) is 38.6 Å². The Morgan fingerprint density at radius 2 is 2.47 bits per heavy atom. The standard InChI is InChI=1S/C11H22N2O2/c1-2-10(4-6-14)13-11(15)7-9-3-5-12-8-9/h9-10,12,14H,2-8H2,1H3,(H,13,15). The van der Waals surface area contributed by atoms with E-state index in [2.05, 4.69) is 10.6 Å². The smallest absolute Gasteiger partial charge is 0.220 e. The van der Waals surface area contributed by atoms with E-state index in [1.165, 1.54) is 0 Å². The lowest BCUT2D eigenvalue weighted by molar-refractivity contribution is -0.122. The lowest BCUT2D eigenvalue weighted by Gasteiger charge is -2.17. The number of aliphatic hydroxyl groups excluding tert-OH is 1. The van der Waals surface area contributed by atoms with E-state index in [1.807, 2.05) is 6.92 Å². The Hall–Kier alpha value is -0.610. The minimum absolute atomic E-state index is 0.129. The molecule has 2 atom stereocenters. The number of carbonyl (C=O) groups is 1. The van der Waals surface area contributed by atoms with Crippen LogP contribution >= 0.6 is 0 Å². The van der Waals surface area contributed by atoms with Gasteiger partial charge in [0, 0.05) is 19.1 Å². The van der Waals surface area contributed by atoms with Crippen molar-refractivity contribution in [3.63, 3.8) is 0 Å². The highest BCUT2D eigenvalue weighted by atomic mass is 16.3. The maximum absolute atomic E-state index is 11.6. The molecule has 2 unspecified atom stereocenters. The number of carbonyl (C=O) groups excluding carboxylic acids is 1. The van der Waals surface area contributed by atoms with E-state index >= 15 is 0 Å². The molecule has 0 radical (unpaired) electrons. The van der Waals surface area contributed by atoms with E-state index in [4.69, 9.17) is 5.11 Å². The van der Waals surface area contributed by atoms with Crippen LogP contribution in [0.4, 0.5) is 0 Å². The third-order valence-electron chi connectivity index (χ3n) is 2.97. The molecule has 4 heteroatoms. The molecule has 0 bridgehead atoms. The lowest BCUT2D eigenvalue weighted by atomic mass is 10.0. The number of amides is 1. The molecule has 1 fully saturated rings. The van der Waals surface area contributed by atoms with E-state index in [1.54, 1.807) is 0 Å². The molecular formula is C11H22N2O2. The molecule has 4 nitrogen and oxygen atoms in total. The third kappa shape index (κ3) is 4.62. The average Bonchev–Trinajstić information content (AvgIpc) is 2.69. The molecule has 1 aliphatic heterocycles. The van der Waals surface area contributed by atoms with Gasteiger partial charge in [-0.05, 0) is 38.3 Å². The van der Waals surface area contributed by atoms with E-state index in [0.717, 1.165) is 25.9 Å². The van der Waals surface area contributed by atoms with Crippen LogP contribution in [-0.4, -0.2) is 36.8 Å². The Bertz CT molecular complexity index is 191. The molecule has 1 heterocycles. The van der Waals surface area contributed by atoms with Crippen molar-refractivity contribution in [3.8, 4) is 0 Å². The highest BCUT2D eigenvalue weighted by molar-refractivity contribution is 5.76. The average molecular weight is 214 g/mol. The summed E-state index contributed by atoms with van der Waals surface area (Å²) < 4.78 is 0. The summed E-state index contributed by atoms with van der Waals surface area (Å²) >= 11 is 0. The predicted molar refractivity (Wildman–Crippen MR) is 59.5 cm³/mol. The molecule has 1 rings (SSSR count). The first kappa shape index (κ1) is 12.5. The Morgan fingerprint density at radius 3 is 3.00 bits per heavy atom. The van der Waals surface area contributed by atoms with Gasteiger partial charge in [0.1, 0.15) is 0 Å². The summed E-state index contributed by atoms with van der Waals surface area (Å²) in [5.74, 6) is 0.626. The Morgan fingerprint density at radius 1 is 1.67 bits per heavy atom. The van der Waals surface area contributed by atoms with Gasteiger partial charge in [-0.25, -0.2) is 0 Å². The molecule has 0 saturated carbocycles. The van der Waals surface area contributed by atoms with Crippen LogP contribution in [0.5, 0.6) is 0 Å². The van der Waals surface area contributed by atoms with Gasteiger partial charge in [-0.1, -0.05) is 6.92 Å². The third-order valence-corrected chi connectivity index (χ3v) is 2.97. The number of hydrogen-bond acceptors (Lipinski definition) is 3. The molecular weight excluding hydrogens is 192 g/mol. The number of rotatable bonds is 6. The molecule has 0 aromatic heterocycles. The predicted octanol–water partition coefficient (Wildman–Crippen LogP) is 0.263. The van der Waals surface area contributed by atoms with Crippen molar-refractivity contribution in [3.05, 3.63) is 0 Å². The minimum atomic E-state index is 0.129. The van der Waals surface area contributed by atoms with Crippen LogP contribution < -0.4 is 10.6 Å². The monoisotopic (exact) mass is 214 g/mol. The zero-order valence-electron chi connectivity index (χ0n) is 9.46. The zero-order valence-corrected chi connectivity index (χ0v) is 9.46. The van der Waals surface area contributed by atoms with Crippen LogP contribution in [-0.2, 0) is 4.79 Å².